The van der Waals surface area contributed by atoms with E-state index in [9.17, 15) is 8.42 Å². The Morgan fingerprint density at radius 3 is 2.37 bits per heavy atom. The van der Waals surface area contributed by atoms with E-state index in [1.54, 1.807) is 39.3 Å². The molecule has 0 spiro atoms. The quantitative estimate of drug-likeness (QED) is 0.196. The Kier molecular flexibility index (Phi) is 10.5. The summed E-state index contributed by atoms with van der Waals surface area (Å²) in [6, 6.07) is 23.7. The molecule has 3 heterocycles. The maximum absolute atomic E-state index is 14.3. The fourth-order valence-electron chi connectivity index (χ4n) is 7.48. The number of nitrogens with one attached hydrogen (secondary N) is 1. The van der Waals surface area contributed by atoms with Gasteiger partial charge in [0.05, 0.1) is 29.4 Å². The monoisotopic (exact) mass is 684 g/mol. The third kappa shape index (κ3) is 7.30. The zero-order valence-corrected chi connectivity index (χ0v) is 30.0. The number of aryl methyl sites for hydroxylation is 2. The topological polar surface area (TPSA) is 100 Å². The molecular weight excluding hydrogens is 637 g/mol. The number of sulfonamides is 1. The van der Waals surface area contributed by atoms with Gasteiger partial charge in [0.1, 0.15) is 12.4 Å². The second kappa shape index (κ2) is 14.8. The number of piperidine rings is 1. The summed E-state index contributed by atoms with van der Waals surface area (Å²) in [5, 5.41) is 3.53. The number of anilines is 1. The Bertz CT molecular complexity index is 1820. The van der Waals surface area contributed by atoms with Crippen molar-refractivity contribution in [2.24, 2.45) is 0 Å². The lowest BCUT2D eigenvalue weighted by Crippen LogP contribution is -2.51. The molecule has 1 saturated heterocycles. The number of aromatic nitrogens is 2. The molecule has 10 nitrogen and oxygen atoms in total. The summed E-state index contributed by atoms with van der Waals surface area (Å²) >= 11 is 0. The van der Waals surface area contributed by atoms with Gasteiger partial charge in [0, 0.05) is 44.5 Å². The average Bonchev–Trinajstić information content (AvgIpc) is 3.49. The zero-order chi connectivity index (χ0) is 34.6. The highest BCUT2D eigenvalue weighted by Crippen LogP contribution is 2.40. The van der Waals surface area contributed by atoms with E-state index in [2.05, 4.69) is 69.5 Å². The number of hydrogen-bond donors (Lipinski definition) is 1. The molecule has 1 fully saturated rings. The second-order valence-electron chi connectivity index (χ2n) is 13.3. The average molecular weight is 685 g/mol. The Labute approximate surface area is 291 Å². The third-order valence-electron chi connectivity index (χ3n) is 10.1. The SMILES string of the molecule is COc1cc(C)c(S(=O)(=O)N2c3ccccc3C[C@H]2COc2nccc(CNCCN3CCC(c4ccccc4)(N(C)C)CC3)n2)c(C)c1. The first kappa shape index (κ1) is 34.8. The lowest BCUT2D eigenvalue weighted by Gasteiger charge is -2.46. The van der Waals surface area contributed by atoms with Crippen LogP contribution >= 0.6 is 0 Å². The molecule has 3 aromatic carbocycles. The largest absolute Gasteiger partial charge is 0.497 e. The Morgan fingerprint density at radius 2 is 1.67 bits per heavy atom. The van der Waals surface area contributed by atoms with Gasteiger partial charge in [-0.05, 0) is 93.7 Å². The smallest absolute Gasteiger partial charge is 0.316 e. The molecule has 0 saturated carbocycles. The van der Waals surface area contributed by atoms with Crippen molar-refractivity contribution in [1.82, 2.24) is 25.1 Å². The molecule has 0 unspecified atom stereocenters. The zero-order valence-electron chi connectivity index (χ0n) is 29.2. The van der Waals surface area contributed by atoms with E-state index in [4.69, 9.17) is 9.47 Å². The van der Waals surface area contributed by atoms with Crippen LogP contribution in [0.1, 0.15) is 40.8 Å². The van der Waals surface area contributed by atoms with Crippen LogP contribution in [0.2, 0.25) is 0 Å². The summed E-state index contributed by atoms with van der Waals surface area (Å²) in [7, 11) is 2.06. The fraction of sp³-hybridized carbons (Fsp3) is 0.421. The van der Waals surface area contributed by atoms with Crippen LogP contribution in [-0.2, 0) is 28.5 Å². The van der Waals surface area contributed by atoms with Crippen LogP contribution in [-0.4, -0.2) is 88.2 Å². The van der Waals surface area contributed by atoms with Crippen LogP contribution in [0.4, 0.5) is 5.69 Å². The van der Waals surface area contributed by atoms with Crippen molar-refractivity contribution >= 4 is 15.7 Å². The van der Waals surface area contributed by atoms with E-state index in [1.807, 2.05) is 30.3 Å². The predicted octanol–water partition coefficient (Wildman–Crippen LogP) is 4.94. The van der Waals surface area contributed by atoms with Crippen molar-refractivity contribution in [2.45, 2.75) is 56.1 Å². The minimum Gasteiger partial charge on any atom is -0.497 e. The summed E-state index contributed by atoms with van der Waals surface area (Å²) in [6.07, 6.45) is 4.42. The lowest BCUT2D eigenvalue weighted by molar-refractivity contribution is 0.0543. The maximum atomic E-state index is 14.3. The summed E-state index contributed by atoms with van der Waals surface area (Å²) in [5.41, 5.74) is 5.21. The number of methoxy groups -OCH3 is 1. The second-order valence-corrected chi connectivity index (χ2v) is 15.1. The first-order valence-corrected chi connectivity index (χ1v) is 18.4. The van der Waals surface area contributed by atoms with E-state index >= 15 is 0 Å². The van der Waals surface area contributed by atoms with Crippen LogP contribution in [0.3, 0.4) is 0 Å². The molecule has 260 valence electrons. The number of ether oxygens (including phenoxy) is 2. The number of benzene rings is 3. The number of likely N-dealkylation sites (tertiary alicyclic amines) is 1. The van der Waals surface area contributed by atoms with Gasteiger partial charge in [-0.2, -0.15) is 4.98 Å². The molecule has 0 bridgehead atoms. The van der Waals surface area contributed by atoms with Crippen LogP contribution in [0.25, 0.3) is 0 Å². The van der Waals surface area contributed by atoms with Gasteiger partial charge in [0.2, 0.25) is 0 Å². The lowest BCUT2D eigenvalue weighted by atomic mass is 9.80. The van der Waals surface area contributed by atoms with Crippen molar-refractivity contribution in [3.8, 4) is 11.8 Å². The molecule has 1 aromatic heterocycles. The van der Waals surface area contributed by atoms with Crippen molar-refractivity contribution in [3.63, 3.8) is 0 Å². The minimum absolute atomic E-state index is 0.0820. The number of hydrogen-bond acceptors (Lipinski definition) is 9. The van der Waals surface area contributed by atoms with Gasteiger partial charge < -0.3 is 19.7 Å². The van der Waals surface area contributed by atoms with Crippen molar-refractivity contribution in [2.75, 3.05) is 58.3 Å². The maximum Gasteiger partial charge on any atom is 0.316 e. The van der Waals surface area contributed by atoms with Gasteiger partial charge in [0.25, 0.3) is 10.0 Å². The van der Waals surface area contributed by atoms with E-state index in [1.165, 1.54) is 9.87 Å². The van der Waals surface area contributed by atoms with Crippen LogP contribution in [0.15, 0.2) is 83.9 Å². The van der Waals surface area contributed by atoms with Gasteiger partial charge in [-0.1, -0.05) is 48.5 Å². The van der Waals surface area contributed by atoms with Crippen LogP contribution in [0, 0.1) is 13.8 Å². The van der Waals surface area contributed by atoms with Crippen molar-refractivity contribution in [1.29, 1.82) is 0 Å². The van der Waals surface area contributed by atoms with E-state index < -0.39 is 16.1 Å². The molecule has 49 heavy (non-hydrogen) atoms. The first-order valence-electron chi connectivity index (χ1n) is 17.0. The summed E-state index contributed by atoms with van der Waals surface area (Å²) in [4.78, 5) is 14.2. The van der Waals surface area contributed by atoms with Crippen molar-refractivity contribution < 1.29 is 17.9 Å². The molecular formula is C38H48N6O4S. The highest BCUT2D eigenvalue weighted by Gasteiger charge is 2.41. The summed E-state index contributed by atoms with van der Waals surface area (Å²) < 4.78 is 41.6. The van der Waals surface area contributed by atoms with Gasteiger partial charge in [-0.3, -0.25) is 9.21 Å². The normalized spacial score (nSPS) is 17.7. The van der Waals surface area contributed by atoms with E-state index in [0.717, 1.165) is 50.3 Å². The van der Waals surface area contributed by atoms with Crippen molar-refractivity contribution in [3.05, 3.63) is 107 Å². The molecule has 2 aliphatic rings. The Morgan fingerprint density at radius 1 is 0.980 bits per heavy atom. The molecule has 1 N–H and O–H groups in total. The molecule has 6 rings (SSSR count). The highest BCUT2D eigenvalue weighted by atomic mass is 32.2. The molecule has 0 amide bonds. The fourth-order valence-corrected chi connectivity index (χ4v) is 9.57. The standard InChI is InChI=1S/C38H48N6O4S/c1-28-23-34(47-5)24-29(2)36(28)49(45,46)44-33(25-30-11-9-10-14-35(30)44)27-48-37-40-18-15-32(41-37)26-39-19-22-43-20-16-38(17-21-43,42(3)4)31-12-7-6-8-13-31/h6-15,18,23-24,33,39H,16-17,19-22,25-27H2,1-5H3/t33-/m0/s1. The third-order valence-corrected chi connectivity index (χ3v) is 12.2. The first-order chi connectivity index (χ1) is 23.6. The predicted molar refractivity (Wildman–Crippen MR) is 193 cm³/mol. The Balaban J connectivity index is 1.05. The van der Waals surface area contributed by atoms with Crippen LogP contribution < -0.4 is 19.1 Å². The Hall–Kier alpha value is -4.03. The van der Waals surface area contributed by atoms with Gasteiger partial charge in [-0.15, -0.1) is 0 Å². The summed E-state index contributed by atoms with van der Waals surface area (Å²) in [5.74, 6) is 0.628. The number of rotatable bonds is 13. The molecule has 4 aromatic rings. The molecule has 11 heteroatoms. The highest BCUT2D eigenvalue weighted by molar-refractivity contribution is 7.93. The molecule has 0 aliphatic carbocycles. The number of nitrogens with zero attached hydrogens (tertiary/aromatic N) is 5. The number of para-hydroxylation sites is 1. The summed E-state index contributed by atoms with van der Waals surface area (Å²) in [6.45, 7) is 8.22. The van der Waals surface area contributed by atoms with E-state index in [-0.39, 0.29) is 23.1 Å². The number of fused-ring (bicyclic) bond motifs is 1. The van der Waals surface area contributed by atoms with Gasteiger partial charge >= 0.3 is 6.01 Å². The van der Waals surface area contributed by atoms with Gasteiger partial charge in [0.15, 0.2) is 0 Å². The van der Waals surface area contributed by atoms with Crippen LogP contribution in [0.5, 0.6) is 11.8 Å². The minimum atomic E-state index is -3.91. The van der Waals surface area contributed by atoms with Gasteiger partial charge in [-0.25, -0.2) is 13.4 Å². The molecule has 0 radical (unpaired) electrons. The molecule has 2 aliphatic heterocycles. The molecule has 1 atom stereocenters. The van der Waals surface area contributed by atoms with E-state index in [0.29, 0.717) is 35.5 Å².